The fourth-order valence-electron chi connectivity index (χ4n) is 2.72. The fraction of sp³-hybridized carbons (Fsp3) is 0.300. The second-order valence-corrected chi connectivity index (χ2v) is 6.21. The van der Waals surface area contributed by atoms with Crippen LogP contribution in [0.3, 0.4) is 0 Å². The molecule has 30 heavy (non-hydrogen) atoms. The number of ether oxygens (including phenoxy) is 1. The molecule has 160 valence electrons. The SMILES string of the molecule is CCNC(=O)COc1cccc(CNC(=NC)NCc2nnc3ccccn23)c1.I. The lowest BCUT2D eigenvalue weighted by Crippen LogP contribution is -2.36. The quantitative estimate of drug-likeness (QED) is 0.236. The van der Waals surface area contributed by atoms with Crippen molar-refractivity contribution in [2.45, 2.75) is 20.0 Å². The fourth-order valence-corrected chi connectivity index (χ4v) is 2.72. The summed E-state index contributed by atoms with van der Waals surface area (Å²) in [6.07, 6.45) is 1.93. The highest BCUT2D eigenvalue weighted by Crippen LogP contribution is 2.13. The van der Waals surface area contributed by atoms with E-state index in [1.807, 2.05) is 60.0 Å². The smallest absolute Gasteiger partial charge is 0.257 e. The van der Waals surface area contributed by atoms with Crippen molar-refractivity contribution >= 4 is 41.5 Å². The number of carbonyl (C=O) groups is 1. The lowest BCUT2D eigenvalue weighted by molar-refractivity contribution is -0.122. The van der Waals surface area contributed by atoms with Crippen molar-refractivity contribution in [3.63, 3.8) is 0 Å². The van der Waals surface area contributed by atoms with Crippen LogP contribution in [0.15, 0.2) is 53.7 Å². The Labute approximate surface area is 192 Å². The van der Waals surface area contributed by atoms with E-state index in [0.717, 1.165) is 17.0 Å². The van der Waals surface area contributed by atoms with Gasteiger partial charge in [0.25, 0.3) is 5.91 Å². The van der Waals surface area contributed by atoms with Crippen LogP contribution in [0, 0.1) is 0 Å². The number of nitrogens with zero attached hydrogens (tertiary/aromatic N) is 4. The van der Waals surface area contributed by atoms with Crippen LogP contribution in [0.2, 0.25) is 0 Å². The molecule has 2 aromatic heterocycles. The molecule has 3 rings (SSSR count). The Morgan fingerprint density at radius 2 is 1.93 bits per heavy atom. The largest absolute Gasteiger partial charge is 0.484 e. The molecule has 0 spiro atoms. The zero-order valence-electron chi connectivity index (χ0n) is 17.0. The Morgan fingerprint density at radius 3 is 2.73 bits per heavy atom. The summed E-state index contributed by atoms with van der Waals surface area (Å²) in [6.45, 7) is 3.50. The van der Waals surface area contributed by atoms with Crippen molar-refractivity contribution in [1.82, 2.24) is 30.5 Å². The molecule has 9 nitrogen and oxygen atoms in total. The maximum absolute atomic E-state index is 11.5. The average molecular weight is 523 g/mol. The minimum Gasteiger partial charge on any atom is -0.484 e. The van der Waals surface area contributed by atoms with E-state index in [1.165, 1.54) is 0 Å². The van der Waals surface area contributed by atoms with Gasteiger partial charge in [0.2, 0.25) is 0 Å². The maximum atomic E-state index is 11.5. The van der Waals surface area contributed by atoms with Gasteiger partial charge < -0.3 is 20.7 Å². The highest BCUT2D eigenvalue weighted by atomic mass is 127. The number of nitrogens with one attached hydrogen (secondary N) is 3. The van der Waals surface area contributed by atoms with Gasteiger partial charge in [0, 0.05) is 26.3 Å². The summed E-state index contributed by atoms with van der Waals surface area (Å²) in [6, 6.07) is 13.4. The molecule has 2 heterocycles. The first-order valence-corrected chi connectivity index (χ1v) is 9.41. The zero-order valence-corrected chi connectivity index (χ0v) is 19.3. The van der Waals surface area contributed by atoms with Crippen LogP contribution in [0.1, 0.15) is 18.3 Å². The molecule has 1 aromatic carbocycles. The normalized spacial score (nSPS) is 10.9. The average Bonchev–Trinajstić information content (AvgIpc) is 3.16. The van der Waals surface area contributed by atoms with Gasteiger partial charge in [-0.05, 0) is 36.8 Å². The number of hydrogen-bond donors (Lipinski definition) is 3. The minimum atomic E-state index is -0.137. The van der Waals surface area contributed by atoms with Gasteiger partial charge in [-0.25, -0.2) is 0 Å². The third-order valence-electron chi connectivity index (χ3n) is 4.12. The monoisotopic (exact) mass is 523 g/mol. The molecule has 0 unspecified atom stereocenters. The van der Waals surface area contributed by atoms with E-state index in [0.29, 0.717) is 31.3 Å². The predicted octanol–water partition coefficient (Wildman–Crippen LogP) is 1.73. The molecule has 3 N–H and O–H groups in total. The number of amides is 1. The first kappa shape index (κ1) is 23.4. The molecule has 0 aliphatic carbocycles. The van der Waals surface area contributed by atoms with E-state index in [2.05, 4.69) is 31.1 Å². The van der Waals surface area contributed by atoms with Gasteiger partial charge in [0.1, 0.15) is 5.75 Å². The first-order valence-electron chi connectivity index (χ1n) is 9.41. The van der Waals surface area contributed by atoms with Crippen molar-refractivity contribution in [2.24, 2.45) is 4.99 Å². The number of fused-ring (bicyclic) bond motifs is 1. The van der Waals surface area contributed by atoms with E-state index < -0.39 is 0 Å². The summed E-state index contributed by atoms with van der Waals surface area (Å²) in [4.78, 5) is 15.8. The third kappa shape index (κ3) is 6.58. The van der Waals surface area contributed by atoms with E-state index in [-0.39, 0.29) is 36.5 Å². The number of rotatable bonds is 8. The van der Waals surface area contributed by atoms with Crippen LogP contribution in [0.4, 0.5) is 0 Å². The summed E-state index contributed by atoms with van der Waals surface area (Å²) in [5.74, 6) is 1.95. The van der Waals surface area contributed by atoms with E-state index in [4.69, 9.17) is 4.74 Å². The predicted molar refractivity (Wildman–Crippen MR) is 126 cm³/mol. The van der Waals surface area contributed by atoms with Gasteiger partial charge >= 0.3 is 0 Å². The summed E-state index contributed by atoms with van der Waals surface area (Å²) in [5.41, 5.74) is 1.81. The number of halogens is 1. The second-order valence-electron chi connectivity index (χ2n) is 6.21. The number of pyridine rings is 1. The van der Waals surface area contributed by atoms with E-state index in [1.54, 1.807) is 7.05 Å². The molecule has 1 amide bonds. The van der Waals surface area contributed by atoms with Crippen molar-refractivity contribution in [3.8, 4) is 5.75 Å². The number of benzene rings is 1. The van der Waals surface area contributed by atoms with Crippen LogP contribution < -0.4 is 20.7 Å². The molecule has 10 heteroatoms. The molecular formula is C20H26IN7O2. The number of hydrogen-bond acceptors (Lipinski definition) is 5. The van der Waals surface area contributed by atoms with Crippen molar-refractivity contribution < 1.29 is 9.53 Å². The number of aliphatic imine (C=N–C) groups is 1. The highest BCUT2D eigenvalue weighted by molar-refractivity contribution is 14.0. The molecule has 0 atom stereocenters. The zero-order chi connectivity index (χ0) is 20.5. The van der Waals surface area contributed by atoms with Gasteiger partial charge in [-0.1, -0.05) is 18.2 Å². The Morgan fingerprint density at radius 1 is 1.10 bits per heavy atom. The van der Waals surface area contributed by atoms with Crippen LogP contribution in [-0.2, 0) is 17.9 Å². The minimum absolute atomic E-state index is 0. The molecule has 0 aliphatic heterocycles. The first-order chi connectivity index (χ1) is 14.2. The lowest BCUT2D eigenvalue weighted by atomic mass is 10.2. The third-order valence-corrected chi connectivity index (χ3v) is 4.12. The Kier molecular flexibility index (Phi) is 9.32. The van der Waals surface area contributed by atoms with Crippen LogP contribution in [-0.4, -0.2) is 46.7 Å². The summed E-state index contributed by atoms with van der Waals surface area (Å²) in [7, 11) is 1.71. The van der Waals surface area contributed by atoms with Gasteiger partial charge in [0.15, 0.2) is 24.0 Å². The summed E-state index contributed by atoms with van der Waals surface area (Å²) >= 11 is 0. The van der Waals surface area contributed by atoms with Gasteiger partial charge in [-0.2, -0.15) is 0 Å². The number of likely N-dealkylation sites (N-methyl/N-ethyl adjacent to an activating group) is 1. The molecule has 0 bridgehead atoms. The van der Waals surface area contributed by atoms with Gasteiger partial charge in [0.05, 0.1) is 6.54 Å². The number of aromatic nitrogens is 3. The Bertz CT molecular complexity index is 990. The number of carbonyl (C=O) groups excluding carboxylic acids is 1. The molecule has 0 fully saturated rings. The molecular weight excluding hydrogens is 497 g/mol. The van der Waals surface area contributed by atoms with E-state index in [9.17, 15) is 4.79 Å². The Balaban J connectivity index is 0.00000320. The van der Waals surface area contributed by atoms with Crippen molar-refractivity contribution in [2.75, 3.05) is 20.2 Å². The Hall–Kier alpha value is -2.89. The molecule has 0 radical (unpaired) electrons. The second kappa shape index (κ2) is 12.0. The van der Waals surface area contributed by atoms with Crippen LogP contribution in [0.5, 0.6) is 5.75 Å². The molecule has 0 aliphatic rings. The maximum Gasteiger partial charge on any atom is 0.257 e. The van der Waals surface area contributed by atoms with Crippen molar-refractivity contribution in [3.05, 3.63) is 60.0 Å². The number of guanidine groups is 1. The van der Waals surface area contributed by atoms with Crippen molar-refractivity contribution in [1.29, 1.82) is 0 Å². The molecule has 3 aromatic rings. The topological polar surface area (TPSA) is 105 Å². The lowest BCUT2D eigenvalue weighted by Gasteiger charge is -2.12. The van der Waals surface area contributed by atoms with E-state index >= 15 is 0 Å². The van der Waals surface area contributed by atoms with Gasteiger partial charge in [-0.3, -0.25) is 14.2 Å². The molecule has 0 saturated heterocycles. The standard InChI is InChI=1S/C20H25N7O2.HI/c1-3-22-19(28)14-29-16-8-6-7-15(11-16)12-23-20(21-2)24-13-18-26-25-17-9-4-5-10-27(17)18;/h4-11H,3,12-14H2,1-2H3,(H,22,28)(H2,21,23,24);1H. The summed E-state index contributed by atoms with van der Waals surface area (Å²) in [5, 5.41) is 17.5. The van der Waals surface area contributed by atoms with Gasteiger partial charge in [-0.15, -0.1) is 34.2 Å². The van der Waals surface area contributed by atoms with Crippen LogP contribution >= 0.6 is 24.0 Å². The molecule has 0 saturated carbocycles. The van der Waals surface area contributed by atoms with Crippen LogP contribution in [0.25, 0.3) is 5.65 Å². The highest BCUT2D eigenvalue weighted by Gasteiger charge is 2.06. The summed E-state index contributed by atoms with van der Waals surface area (Å²) < 4.78 is 7.45.